The Kier molecular flexibility index (Phi) is 7.22. The number of carboxylic acids is 1. The van der Waals surface area contributed by atoms with Gasteiger partial charge in [0.25, 0.3) is 0 Å². The Morgan fingerprint density at radius 1 is 1.43 bits per heavy atom. The van der Waals surface area contributed by atoms with Crippen LogP contribution in [0.25, 0.3) is 10.9 Å². The molecule has 1 unspecified atom stereocenters. The summed E-state index contributed by atoms with van der Waals surface area (Å²) < 4.78 is 27.8. The Hall–Kier alpha value is -2.81. The van der Waals surface area contributed by atoms with Gasteiger partial charge in [0.1, 0.15) is 5.75 Å². The highest BCUT2D eigenvalue weighted by molar-refractivity contribution is 7.93. The second-order valence-corrected chi connectivity index (χ2v) is 8.38. The maximum atomic E-state index is 11.3. The predicted molar refractivity (Wildman–Crippen MR) is 110 cm³/mol. The lowest BCUT2D eigenvalue weighted by molar-refractivity contribution is -0.137. The third-order valence-electron chi connectivity index (χ3n) is 4.05. The molecule has 0 saturated carbocycles. The summed E-state index contributed by atoms with van der Waals surface area (Å²) in [7, 11) is -1.71. The van der Waals surface area contributed by atoms with E-state index in [0.29, 0.717) is 18.8 Å². The second-order valence-electron chi connectivity index (χ2n) is 6.45. The largest absolute Gasteiger partial charge is 0.497 e. The first kappa shape index (κ1) is 21.5. The fourth-order valence-corrected chi connectivity index (χ4v) is 3.22. The van der Waals surface area contributed by atoms with Crippen LogP contribution < -0.4 is 10.1 Å². The Labute approximate surface area is 164 Å². The van der Waals surface area contributed by atoms with Crippen LogP contribution in [0.1, 0.15) is 18.9 Å². The first-order valence-corrected chi connectivity index (χ1v) is 10.6. The van der Waals surface area contributed by atoms with Crippen molar-refractivity contribution in [3.8, 4) is 5.75 Å². The van der Waals surface area contributed by atoms with Crippen molar-refractivity contribution in [2.45, 2.75) is 25.8 Å². The number of H-pyrrole nitrogens is 1. The van der Waals surface area contributed by atoms with E-state index in [0.717, 1.165) is 33.9 Å². The molecule has 2 aromatic rings. The van der Waals surface area contributed by atoms with Gasteiger partial charge in [-0.3, -0.25) is 9.79 Å². The number of aliphatic imine (C=N–C) groups is 1. The van der Waals surface area contributed by atoms with Crippen molar-refractivity contribution in [3.05, 3.63) is 41.4 Å². The minimum atomic E-state index is -3.33. The minimum Gasteiger partial charge on any atom is -0.497 e. The van der Waals surface area contributed by atoms with Crippen LogP contribution in [0.5, 0.6) is 5.75 Å². The predicted octanol–water partition coefficient (Wildman–Crippen LogP) is 2.13. The first-order chi connectivity index (χ1) is 13.2. The van der Waals surface area contributed by atoms with Crippen molar-refractivity contribution < 1.29 is 23.1 Å². The number of nitrogens with one attached hydrogen (secondary N) is 2. The molecule has 0 radical (unpaired) electrons. The van der Waals surface area contributed by atoms with Crippen LogP contribution in [0, 0.1) is 0 Å². The summed E-state index contributed by atoms with van der Waals surface area (Å²) in [6.45, 7) is 2.22. The smallest absolute Gasteiger partial charge is 0.305 e. The highest BCUT2D eigenvalue weighted by Gasteiger charge is 2.11. The van der Waals surface area contributed by atoms with E-state index in [1.165, 1.54) is 6.08 Å². The lowest BCUT2D eigenvalue weighted by atomic mass is 10.1. The van der Waals surface area contributed by atoms with Crippen molar-refractivity contribution >= 4 is 32.5 Å². The number of hydrogen-bond donors (Lipinski definition) is 3. The van der Waals surface area contributed by atoms with Gasteiger partial charge >= 0.3 is 5.97 Å². The molecule has 3 N–H and O–H groups in total. The Balaban J connectivity index is 2.02. The highest BCUT2D eigenvalue weighted by Crippen LogP contribution is 2.23. The molecule has 0 spiro atoms. The zero-order chi connectivity index (χ0) is 20.7. The molecule has 0 saturated heterocycles. The van der Waals surface area contributed by atoms with E-state index in [-0.39, 0.29) is 6.42 Å². The van der Waals surface area contributed by atoms with E-state index in [2.05, 4.69) is 15.3 Å². The summed E-state index contributed by atoms with van der Waals surface area (Å²) in [5, 5.41) is 14.0. The molecule has 1 heterocycles. The molecule has 0 aliphatic carbocycles. The van der Waals surface area contributed by atoms with Crippen LogP contribution in [0.2, 0.25) is 0 Å². The van der Waals surface area contributed by atoms with Gasteiger partial charge in [0.2, 0.25) is 0 Å². The summed E-state index contributed by atoms with van der Waals surface area (Å²) in [6, 6.07) is 5.16. The van der Waals surface area contributed by atoms with E-state index < -0.39 is 21.8 Å². The van der Waals surface area contributed by atoms with Gasteiger partial charge in [0, 0.05) is 35.3 Å². The van der Waals surface area contributed by atoms with Gasteiger partial charge in [0.05, 0.1) is 25.4 Å². The summed E-state index contributed by atoms with van der Waals surface area (Å²) in [4.78, 5) is 18.6. The number of rotatable bonds is 9. The molecule has 28 heavy (non-hydrogen) atoms. The maximum Gasteiger partial charge on any atom is 0.305 e. The fourth-order valence-electron chi connectivity index (χ4n) is 2.74. The maximum absolute atomic E-state index is 11.3. The number of carboxylic acid groups (broad SMARTS) is 1. The molecule has 2 rings (SSSR count). The number of methoxy groups -OCH3 is 1. The van der Waals surface area contributed by atoms with E-state index >= 15 is 0 Å². The van der Waals surface area contributed by atoms with Crippen molar-refractivity contribution in [1.29, 1.82) is 0 Å². The zero-order valence-corrected chi connectivity index (χ0v) is 16.9. The normalized spacial score (nSPS) is 13.8. The molecular formula is C19H25N3O5S. The molecule has 0 amide bonds. The van der Waals surface area contributed by atoms with Gasteiger partial charge in [-0.2, -0.15) is 0 Å². The average molecular weight is 407 g/mol. The van der Waals surface area contributed by atoms with Gasteiger partial charge in [-0.05, 0) is 37.1 Å². The number of aromatic nitrogens is 1. The van der Waals surface area contributed by atoms with E-state index in [1.807, 2.05) is 24.4 Å². The van der Waals surface area contributed by atoms with Crippen LogP contribution in [-0.2, 0) is 21.1 Å². The topological polar surface area (TPSA) is 121 Å². The molecule has 0 aliphatic rings. The lowest BCUT2D eigenvalue weighted by Gasteiger charge is -2.14. The Morgan fingerprint density at radius 2 is 2.18 bits per heavy atom. The lowest BCUT2D eigenvalue weighted by Crippen LogP contribution is -2.34. The second kappa shape index (κ2) is 9.41. The number of fused-ring (bicyclic) bond motifs is 1. The molecule has 152 valence electrons. The van der Waals surface area contributed by atoms with Crippen LogP contribution in [0.3, 0.4) is 0 Å². The number of nitrogens with zero attached hydrogens (tertiary/aromatic N) is 1. The number of sulfone groups is 1. The van der Waals surface area contributed by atoms with E-state index in [4.69, 9.17) is 9.84 Å². The summed E-state index contributed by atoms with van der Waals surface area (Å²) in [5.41, 5.74) is 2.12. The third kappa shape index (κ3) is 6.73. The fraction of sp³-hybridized carbons (Fsp3) is 0.368. The van der Waals surface area contributed by atoms with Crippen molar-refractivity contribution in [1.82, 2.24) is 10.3 Å². The monoisotopic (exact) mass is 407 g/mol. The van der Waals surface area contributed by atoms with Gasteiger partial charge in [0.15, 0.2) is 9.84 Å². The molecule has 1 aromatic heterocycles. The Bertz CT molecular complexity index is 992. The third-order valence-corrected chi connectivity index (χ3v) is 4.70. The van der Waals surface area contributed by atoms with Crippen molar-refractivity contribution in [2.75, 3.05) is 19.9 Å². The van der Waals surface area contributed by atoms with Crippen molar-refractivity contribution in [2.24, 2.45) is 4.99 Å². The highest BCUT2D eigenvalue weighted by atomic mass is 32.2. The average Bonchev–Trinajstić information content (AvgIpc) is 3.01. The first-order valence-electron chi connectivity index (χ1n) is 8.69. The molecule has 0 aliphatic heterocycles. The van der Waals surface area contributed by atoms with Crippen LogP contribution in [-0.4, -0.2) is 56.3 Å². The number of ether oxygens (including phenoxy) is 1. The molecule has 9 heteroatoms. The summed E-state index contributed by atoms with van der Waals surface area (Å²) in [6.07, 6.45) is 4.76. The molecular weight excluding hydrogens is 382 g/mol. The van der Waals surface area contributed by atoms with Crippen molar-refractivity contribution in [3.63, 3.8) is 0 Å². The standard InChI is InChI=1S/C19H25N3O5S/c1-13(22-15(10-19(23)24)7-9-28(3,25)26)20-8-6-14-12-21-18-5-4-16(27-2)11-17(14)18/h4-5,7,9,11-12,15,21H,6,8,10H2,1-3H3,(H,20,22)(H,23,24)/b9-7+. The molecule has 8 nitrogen and oxygen atoms in total. The number of amidine groups is 1. The summed E-state index contributed by atoms with van der Waals surface area (Å²) in [5.74, 6) is 0.293. The number of aliphatic carboxylic acids is 1. The van der Waals surface area contributed by atoms with Gasteiger partial charge in [-0.1, -0.05) is 6.08 Å². The van der Waals surface area contributed by atoms with Crippen LogP contribution in [0.15, 0.2) is 40.9 Å². The van der Waals surface area contributed by atoms with Gasteiger partial charge in [-0.15, -0.1) is 0 Å². The van der Waals surface area contributed by atoms with Gasteiger partial charge in [-0.25, -0.2) is 8.42 Å². The Morgan fingerprint density at radius 3 is 2.82 bits per heavy atom. The van der Waals surface area contributed by atoms with Gasteiger partial charge < -0.3 is 20.1 Å². The molecule has 0 fully saturated rings. The number of aromatic amines is 1. The van der Waals surface area contributed by atoms with E-state index in [1.54, 1.807) is 14.0 Å². The SMILES string of the molecule is COc1ccc2[nH]cc(CCN=C(C)NC(/C=C/S(C)(=O)=O)CC(=O)O)c2c1. The molecule has 1 aromatic carbocycles. The van der Waals surface area contributed by atoms with E-state index in [9.17, 15) is 13.2 Å². The minimum absolute atomic E-state index is 0.249. The summed E-state index contributed by atoms with van der Waals surface area (Å²) >= 11 is 0. The molecule has 1 atom stereocenters. The van der Waals surface area contributed by atoms with Crippen LogP contribution in [0.4, 0.5) is 0 Å². The number of carbonyl (C=O) groups is 1. The number of hydrogen-bond acceptors (Lipinski definition) is 5. The quantitative estimate of drug-likeness (QED) is 0.432. The zero-order valence-electron chi connectivity index (χ0n) is 16.1. The van der Waals surface area contributed by atoms with Crippen LogP contribution >= 0.6 is 0 Å². The number of benzene rings is 1. The molecule has 0 bridgehead atoms.